The summed E-state index contributed by atoms with van der Waals surface area (Å²) in [5, 5.41) is 11.2. The van der Waals surface area contributed by atoms with Gasteiger partial charge in [-0.25, -0.2) is 9.13 Å². The van der Waals surface area contributed by atoms with Crippen molar-refractivity contribution in [1.82, 2.24) is 4.57 Å². The minimum atomic E-state index is -0.404. The molecule has 1 heterocycles. The highest BCUT2D eigenvalue weighted by Gasteiger charge is 2.25. The Morgan fingerprint density at radius 2 is 1.23 bits per heavy atom. The minimum Gasteiger partial charge on any atom is -0.762 e. The first-order valence-corrected chi connectivity index (χ1v) is 14.1. The van der Waals surface area contributed by atoms with Gasteiger partial charge in [-0.3, -0.25) is 10.1 Å². The van der Waals surface area contributed by atoms with Gasteiger partial charge in [-0.15, -0.1) is 0 Å². The predicted molar refractivity (Wildman–Crippen MR) is 163 cm³/mol. The molecule has 0 aliphatic rings. The Labute approximate surface area is 239 Å². The molecule has 0 atom stereocenters. The molecule has 4 rings (SSSR count). The lowest BCUT2D eigenvalue weighted by Gasteiger charge is -2.25. The average Bonchev–Trinajstić information content (AvgIpc) is 3.34. The summed E-state index contributed by atoms with van der Waals surface area (Å²) >= 11 is 0. The summed E-state index contributed by atoms with van der Waals surface area (Å²) in [6.45, 7) is 17.8. The van der Waals surface area contributed by atoms with E-state index in [1.807, 2.05) is 0 Å². The summed E-state index contributed by atoms with van der Waals surface area (Å²) in [4.78, 5) is 10.8. The van der Waals surface area contributed by atoms with Crippen molar-refractivity contribution in [1.29, 1.82) is 0 Å². The second-order valence-electron chi connectivity index (χ2n) is 11.6. The predicted octanol–water partition coefficient (Wildman–Crippen LogP) is 7.48. The second kappa shape index (κ2) is 12.1. The molecule has 208 valence electrons. The number of nitro groups is 1. The van der Waals surface area contributed by atoms with Crippen LogP contribution in [0.25, 0.3) is 11.4 Å². The number of nitro benzene ring substituents is 1. The molecule has 2 radical (unpaired) electrons. The van der Waals surface area contributed by atoms with Crippen LogP contribution in [0, 0.1) is 10.1 Å². The topological polar surface area (TPSA) is 61.2 Å². The van der Waals surface area contributed by atoms with Crippen LogP contribution in [-0.2, 0) is 0 Å². The summed E-state index contributed by atoms with van der Waals surface area (Å²) < 4.78 is 10.7. The third kappa shape index (κ3) is 5.84. The number of para-hydroxylation sites is 2. The lowest BCUT2D eigenvalue weighted by atomic mass is 9.90. The van der Waals surface area contributed by atoms with E-state index in [2.05, 4.69) is 113 Å². The maximum Gasteiger partial charge on any atom is 0.269 e. The summed E-state index contributed by atoms with van der Waals surface area (Å²) in [5.41, 5.74) is 8.28. The zero-order chi connectivity index (χ0) is 29.1. The molecule has 0 aliphatic carbocycles. The molecular weight excluding hydrogens is 497 g/mol. The van der Waals surface area contributed by atoms with E-state index in [0.717, 1.165) is 17.1 Å². The van der Waals surface area contributed by atoms with E-state index in [1.165, 1.54) is 34.4 Å². The van der Waals surface area contributed by atoms with Crippen molar-refractivity contribution in [2.45, 2.75) is 79.1 Å². The Balaban J connectivity index is 1.97. The highest BCUT2D eigenvalue weighted by atomic mass is 16.6. The molecule has 6 nitrogen and oxygen atoms in total. The molecule has 0 bridgehead atoms. The van der Waals surface area contributed by atoms with Crippen LogP contribution in [0.3, 0.4) is 0 Å². The summed E-state index contributed by atoms with van der Waals surface area (Å²) in [6, 6.07) is 19.3. The molecular formula is C33H40BN3O3. The third-order valence-corrected chi connectivity index (χ3v) is 7.37. The fraction of sp³-hybridized carbons (Fsp3) is 0.364. The van der Waals surface area contributed by atoms with Gasteiger partial charge >= 0.3 is 0 Å². The largest absolute Gasteiger partial charge is 0.762 e. The summed E-state index contributed by atoms with van der Waals surface area (Å²) in [7, 11) is 1.77. The van der Waals surface area contributed by atoms with Crippen molar-refractivity contribution >= 4 is 18.9 Å². The van der Waals surface area contributed by atoms with Gasteiger partial charge in [0.15, 0.2) is 0 Å². The van der Waals surface area contributed by atoms with Crippen LogP contribution in [0.2, 0.25) is 0 Å². The van der Waals surface area contributed by atoms with E-state index in [0.29, 0.717) is 29.4 Å². The van der Waals surface area contributed by atoms with Crippen molar-refractivity contribution in [3.8, 4) is 17.1 Å². The van der Waals surface area contributed by atoms with Crippen molar-refractivity contribution < 1.29 is 14.1 Å². The third-order valence-electron chi connectivity index (χ3n) is 7.37. The first kappa shape index (κ1) is 29.1. The molecule has 0 spiro atoms. The van der Waals surface area contributed by atoms with Crippen molar-refractivity contribution in [3.05, 3.63) is 105 Å². The van der Waals surface area contributed by atoms with E-state index >= 15 is 0 Å². The number of aromatic nitrogens is 2. The highest BCUT2D eigenvalue weighted by Crippen LogP contribution is 2.32. The number of hydrogen-bond acceptors (Lipinski definition) is 3. The van der Waals surface area contributed by atoms with E-state index in [9.17, 15) is 10.1 Å². The zero-order valence-corrected chi connectivity index (χ0v) is 24.9. The van der Waals surface area contributed by atoms with Gasteiger partial charge in [0.25, 0.3) is 5.69 Å². The van der Waals surface area contributed by atoms with Gasteiger partial charge in [0, 0.05) is 34.4 Å². The SMILES string of the molecule is CC(C)c1cccc(C(C)C)c1-n1cc[n+](-c2c(C(C)C)cccc2C(C)C)c1[B-]Oc1ccc([N+](=O)[O-])cc1. The number of non-ortho nitro benzene ring substituents is 1. The van der Waals surface area contributed by atoms with Crippen LogP contribution in [0.4, 0.5) is 5.69 Å². The number of rotatable bonds is 10. The Hall–Kier alpha value is -3.87. The fourth-order valence-electron chi connectivity index (χ4n) is 5.24. The standard InChI is InChI=1S/C33H40BN3O3/c1-21(2)27-11-9-12-28(22(3)4)31(27)35-19-20-36(32-29(23(5)6)13-10-14-30(32)24(7)8)33(35)34-40-26-17-15-25(16-18-26)37(38)39/h9-24H,1-8H3. The molecule has 0 amide bonds. The molecule has 7 heteroatoms. The smallest absolute Gasteiger partial charge is 0.269 e. The first-order chi connectivity index (χ1) is 19.0. The van der Waals surface area contributed by atoms with Gasteiger partial charge in [-0.05, 0) is 35.8 Å². The Morgan fingerprint density at radius 1 is 0.750 bits per heavy atom. The van der Waals surface area contributed by atoms with Crippen molar-refractivity contribution in [3.63, 3.8) is 0 Å². The Kier molecular flexibility index (Phi) is 8.82. The van der Waals surface area contributed by atoms with Crippen molar-refractivity contribution in [2.24, 2.45) is 0 Å². The van der Waals surface area contributed by atoms with Crippen molar-refractivity contribution in [2.75, 3.05) is 0 Å². The van der Waals surface area contributed by atoms with Crippen LogP contribution < -0.4 is 14.9 Å². The van der Waals surface area contributed by atoms with Crippen LogP contribution in [0.15, 0.2) is 73.1 Å². The van der Waals surface area contributed by atoms with Gasteiger partial charge in [0.2, 0.25) is 0 Å². The zero-order valence-electron chi connectivity index (χ0n) is 24.9. The van der Waals surface area contributed by atoms with E-state index in [4.69, 9.17) is 4.65 Å². The molecule has 4 aromatic rings. The number of hydrogen-bond donors (Lipinski definition) is 0. The first-order valence-electron chi connectivity index (χ1n) is 14.1. The average molecular weight is 538 g/mol. The van der Waals surface area contributed by atoms with E-state index in [-0.39, 0.29) is 5.69 Å². The molecule has 40 heavy (non-hydrogen) atoms. The van der Waals surface area contributed by atoms with Crippen LogP contribution in [-0.4, -0.2) is 17.0 Å². The molecule has 0 N–H and O–H groups in total. The maximum atomic E-state index is 11.2. The van der Waals surface area contributed by atoms with Gasteiger partial charge in [0.05, 0.1) is 23.9 Å². The molecule has 0 unspecified atom stereocenters. The van der Waals surface area contributed by atoms with Gasteiger partial charge < -0.3 is 4.65 Å². The van der Waals surface area contributed by atoms with Crippen LogP contribution in [0.5, 0.6) is 5.75 Å². The molecule has 0 saturated heterocycles. The monoisotopic (exact) mass is 537 g/mol. The van der Waals surface area contributed by atoms with Crippen LogP contribution in [0.1, 0.15) is 101 Å². The lowest BCUT2D eigenvalue weighted by molar-refractivity contribution is -0.577. The number of benzene rings is 3. The lowest BCUT2D eigenvalue weighted by Crippen LogP contribution is -2.53. The Morgan fingerprint density at radius 3 is 1.68 bits per heavy atom. The number of nitrogens with zero attached hydrogens (tertiary/aromatic N) is 3. The normalized spacial score (nSPS) is 11.7. The Bertz CT molecular complexity index is 1350. The quantitative estimate of drug-likeness (QED) is 0.0912. The fourth-order valence-corrected chi connectivity index (χ4v) is 5.24. The van der Waals surface area contributed by atoms with E-state index in [1.54, 1.807) is 19.6 Å². The van der Waals surface area contributed by atoms with Gasteiger partial charge in [-0.1, -0.05) is 91.8 Å². The maximum absolute atomic E-state index is 11.2. The molecule has 0 aliphatic heterocycles. The van der Waals surface area contributed by atoms with E-state index < -0.39 is 4.92 Å². The summed E-state index contributed by atoms with van der Waals surface area (Å²) in [5.74, 6) is 1.82. The minimum absolute atomic E-state index is 0.0330. The molecule has 0 fully saturated rings. The van der Waals surface area contributed by atoms with Gasteiger partial charge in [0.1, 0.15) is 23.8 Å². The second-order valence-corrected chi connectivity index (χ2v) is 11.6. The summed E-state index contributed by atoms with van der Waals surface area (Å²) in [6.07, 6.45) is 4.25. The molecule has 1 aromatic heterocycles. The van der Waals surface area contributed by atoms with Crippen LogP contribution >= 0.6 is 0 Å². The number of imidazole rings is 1. The van der Waals surface area contributed by atoms with Gasteiger partial charge in [-0.2, -0.15) is 0 Å². The highest BCUT2D eigenvalue weighted by molar-refractivity contribution is 6.44. The molecule has 3 aromatic carbocycles. The molecule has 0 saturated carbocycles.